The Kier molecular flexibility index (Phi) is 6.17. The number of azo groups is 1. The van der Waals surface area contributed by atoms with E-state index in [0.29, 0.717) is 5.69 Å². The molecule has 0 aliphatic carbocycles. The van der Waals surface area contributed by atoms with Gasteiger partial charge in [-0.15, -0.1) is 13.2 Å². The number of hydrogen-bond acceptors (Lipinski definition) is 5. The third kappa shape index (κ3) is 4.84. The van der Waals surface area contributed by atoms with E-state index < -0.39 is 4.92 Å². The van der Waals surface area contributed by atoms with Crippen LogP contribution in [0.25, 0.3) is 0 Å². The van der Waals surface area contributed by atoms with Crippen molar-refractivity contribution >= 4 is 22.7 Å². The maximum absolute atomic E-state index is 10.7. The molecule has 6 heteroatoms. The van der Waals surface area contributed by atoms with Gasteiger partial charge in [-0.25, -0.2) is 0 Å². The number of benzene rings is 2. The van der Waals surface area contributed by atoms with Crippen molar-refractivity contribution in [1.29, 1.82) is 0 Å². The van der Waals surface area contributed by atoms with Crippen molar-refractivity contribution in [3.05, 3.63) is 83.5 Å². The molecule has 2 aromatic rings. The van der Waals surface area contributed by atoms with Crippen LogP contribution in [0, 0.1) is 17.0 Å². The van der Waals surface area contributed by atoms with Crippen LogP contribution in [-0.2, 0) is 0 Å². The smallest absolute Gasteiger partial charge is 0.269 e. The van der Waals surface area contributed by atoms with Gasteiger partial charge in [-0.1, -0.05) is 12.2 Å². The third-order valence-corrected chi connectivity index (χ3v) is 3.58. The average Bonchev–Trinajstić information content (AvgIpc) is 2.61. The minimum absolute atomic E-state index is 0.0315. The standard InChI is InChI=1S/C19H20N4O2/c1-4-12-22(13-5-2)18-10-11-19(15(3)14-18)21-20-16-6-8-17(9-7-16)23(24)25/h4-11,14H,1-2,12-13H2,3H3. The number of nitrogens with zero attached hydrogens (tertiary/aromatic N) is 4. The number of anilines is 1. The highest BCUT2D eigenvalue weighted by molar-refractivity contribution is 5.58. The fourth-order valence-electron chi connectivity index (χ4n) is 2.30. The summed E-state index contributed by atoms with van der Waals surface area (Å²) in [4.78, 5) is 12.4. The summed E-state index contributed by atoms with van der Waals surface area (Å²) in [6.07, 6.45) is 3.70. The second-order valence-corrected chi connectivity index (χ2v) is 5.43. The largest absolute Gasteiger partial charge is 0.364 e. The Hall–Kier alpha value is -3.28. The Balaban J connectivity index is 2.18. The van der Waals surface area contributed by atoms with Gasteiger partial charge in [0.2, 0.25) is 0 Å². The highest BCUT2D eigenvalue weighted by Crippen LogP contribution is 2.27. The molecule has 0 bridgehead atoms. The lowest BCUT2D eigenvalue weighted by Gasteiger charge is -2.22. The molecule has 2 aromatic carbocycles. The topological polar surface area (TPSA) is 71.1 Å². The van der Waals surface area contributed by atoms with Crippen LogP contribution >= 0.6 is 0 Å². The molecule has 0 aliphatic rings. The monoisotopic (exact) mass is 336 g/mol. The zero-order valence-corrected chi connectivity index (χ0v) is 14.1. The van der Waals surface area contributed by atoms with Crippen molar-refractivity contribution < 1.29 is 4.92 Å². The van der Waals surface area contributed by atoms with Gasteiger partial charge in [0.25, 0.3) is 5.69 Å². The molecule has 0 aromatic heterocycles. The van der Waals surface area contributed by atoms with Crippen LogP contribution in [0.15, 0.2) is 78.0 Å². The van der Waals surface area contributed by atoms with Gasteiger partial charge in [-0.3, -0.25) is 10.1 Å². The summed E-state index contributed by atoms with van der Waals surface area (Å²) in [7, 11) is 0. The third-order valence-electron chi connectivity index (χ3n) is 3.58. The number of nitro benzene ring substituents is 1. The van der Waals surface area contributed by atoms with Crippen LogP contribution in [0.4, 0.5) is 22.7 Å². The summed E-state index contributed by atoms with van der Waals surface area (Å²) in [6, 6.07) is 11.9. The Bertz CT molecular complexity index is 788. The maximum atomic E-state index is 10.7. The molecule has 0 saturated heterocycles. The predicted octanol–water partition coefficient (Wildman–Crippen LogP) is 5.50. The first-order valence-electron chi connectivity index (χ1n) is 7.78. The van der Waals surface area contributed by atoms with Crippen molar-refractivity contribution in [3.63, 3.8) is 0 Å². The van der Waals surface area contributed by atoms with E-state index in [1.165, 1.54) is 12.1 Å². The van der Waals surface area contributed by atoms with E-state index in [0.717, 1.165) is 30.0 Å². The van der Waals surface area contributed by atoms with Gasteiger partial charge in [0, 0.05) is 30.9 Å². The number of rotatable bonds is 8. The molecular weight excluding hydrogens is 316 g/mol. The van der Waals surface area contributed by atoms with Crippen LogP contribution < -0.4 is 4.90 Å². The maximum Gasteiger partial charge on any atom is 0.269 e. The van der Waals surface area contributed by atoms with E-state index in [-0.39, 0.29) is 5.69 Å². The van der Waals surface area contributed by atoms with Crippen LogP contribution in [0.3, 0.4) is 0 Å². The highest BCUT2D eigenvalue weighted by Gasteiger charge is 2.06. The molecule has 2 rings (SSSR count). The Labute approximate surface area is 147 Å². The summed E-state index contributed by atoms with van der Waals surface area (Å²) in [6.45, 7) is 11.0. The van der Waals surface area contributed by atoms with Crippen molar-refractivity contribution in [2.75, 3.05) is 18.0 Å². The van der Waals surface area contributed by atoms with Crippen LogP contribution in [0.2, 0.25) is 0 Å². The van der Waals surface area contributed by atoms with E-state index in [1.54, 1.807) is 12.1 Å². The van der Waals surface area contributed by atoms with Gasteiger partial charge in [0.1, 0.15) is 0 Å². The SMILES string of the molecule is C=CCN(CC=C)c1ccc(N=Nc2ccc([N+](=O)[O-])cc2)c(C)c1. The lowest BCUT2D eigenvalue weighted by atomic mass is 10.1. The minimum atomic E-state index is -0.442. The highest BCUT2D eigenvalue weighted by atomic mass is 16.6. The summed E-state index contributed by atoms with van der Waals surface area (Å²) in [5.74, 6) is 0. The molecule has 0 fully saturated rings. The van der Waals surface area contributed by atoms with Crippen molar-refractivity contribution in [2.24, 2.45) is 10.2 Å². The minimum Gasteiger partial charge on any atom is -0.364 e. The molecule has 0 heterocycles. The molecule has 0 amide bonds. The number of hydrogen-bond donors (Lipinski definition) is 0. The Morgan fingerprint density at radius 2 is 1.72 bits per heavy atom. The van der Waals surface area contributed by atoms with Crippen LogP contribution in [-0.4, -0.2) is 18.0 Å². The van der Waals surface area contributed by atoms with Crippen LogP contribution in [0.1, 0.15) is 5.56 Å². The van der Waals surface area contributed by atoms with Crippen LogP contribution in [0.5, 0.6) is 0 Å². The lowest BCUT2D eigenvalue weighted by molar-refractivity contribution is -0.384. The molecule has 0 unspecified atom stereocenters. The summed E-state index contributed by atoms with van der Waals surface area (Å²) < 4.78 is 0. The van der Waals surface area contributed by atoms with Gasteiger partial charge in [-0.05, 0) is 42.8 Å². The number of nitro groups is 1. The molecule has 0 aliphatic heterocycles. The summed E-state index contributed by atoms with van der Waals surface area (Å²) in [5.41, 5.74) is 3.39. The van der Waals surface area contributed by atoms with E-state index in [9.17, 15) is 10.1 Å². The zero-order chi connectivity index (χ0) is 18.2. The molecule has 6 nitrogen and oxygen atoms in total. The Morgan fingerprint density at radius 1 is 1.08 bits per heavy atom. The van der Waals surface area contributed by atoms with Crippen molar-refractivity contribution in [2.45, 2.75) is 6.92 Å². The molecule has 128 valence electrons. The molecule has 0 spiro atoms. The van der Waals surface area contributed by atoms with Crippen molar-refractivity contribution in [3.8, 4) is 0 Å². The van der Waals surface area contributed by atoms with Gasteiger partial charge in [-0.2, -0.15) is 10.2 Å². The van der Waals surface area contributed by atoms with Gasteiger partial charge in [0.05, 0.1) is 16.3 Å². The first-order chi connectivity index (χ1) is 12.0. The second-order valence-electron chi connectivity index (χ2n) is 5.43. The van der Waals surface area contributed by atoms with Gasteiger partial charge >= 0.3 is 0 Å². The Morgan fingerprint density at radius 3 is 2.24 bits per heavy atom. The summed E-state index contributed by atoms with van der Waals surface area (Å²) >= 11 is 0. The fourth-order valence-corrected chi connectivity index (χ4v) is 2.30. The fraction of sp³-hybridized carbons (Fsp3) is 0.158. The number of aryl methyl sites for hydroxylation is 1. The molecule has 25 heavy (non-hydrogen) atoms. The number of non-ortho nitro benzene ring substituents is 1. The molecule has 0 saturated carbocycles. The first-order valence-corrected chi connectivity index (χ1v) is 7.78. The molecular formula is C19H20N4O2. The normalized spacial score (nSPS) is 10.6. The van der Waals surface area contributed by atoms with Gasteiger partial charge in [0.15, 0.2) is 0 Å². The summed E-state index contributed by atoms with van der Waals surface area (Å²) in [5, 5.41) is 19.0. The van der Waals surface area contributed by atoms with E-state index in [4.69, 9.17) is 0 Å². The average molecular weight is 336 g/mol. The predicted molar refractivity (Wildman–Crippen MR) is 101 cm³/mol. The van der Waals surface area contributed by atoms with Crippen molar-refractivity contribution in [1.82, 2.24) is 0 Å². The lowest BCUT2D eigenvalue weighted by Crippen LogP contribution is -2.22. The van der Waals surface area contributed by atoms with E-state index >= 15 is 0 Å². The zero-order valence-electron chi connectivity index (χ0n) is 14.1. The first kappa shape index (κ1) is 18.1. The second kappa shape index (κ2) is 8.54. The molecule has 0 atom stereocenters. The van der Waals surface area contributed by atoms with E-state index in [1.807, 2.05) is 37.3 Å². The van der Waals surface area contributed by atoms with Gasteiger partial charge < -0.3 is 4.90 Å². The quantitative estimate of drug-likeness (QED) is 0.277. The molecule has 0 N–H and O–H groups in total. The molecule has 0 radical (unpaired) electrons. The van der Waals surface area contributed by atoms with E-state index in [2.05, 4.69) is 28.3 Å².